The second-order valence-electron chi connectivity index (χ2n) is 7.08. The minimum atomic E-state index is 0. The van der Waals surface area contributed by atoms with Gasteiger partial charge >= 0.3 is 0 Å². The average molecular weight is 517 g/mol. The van der Waals surface area contributed by atoms with Crippen LogP contribution in [0.2, 0.25) is 0 Å². The summed E-state index contributed by atoms with van der Waals surface area (Å²) in [6, 6.07) is 8.65. The maximum Gasteiger partial charge on any atom is 0.234 e. The van der Waals surface area contributed by atoms with Crippen LogP contribution in [0, 0.1) is 6.92 Å². The number of carbonyl (C=O) groups excluding carboxylic acids is 1. The predicted molar refractivity (Wildman–Crippen MR) is 129 cm³/mol. The van der Waals surface area contributed by atoms with E-state index in [1.54, 1.807) is 7.11 Å². The number of aliphatic imine (C=N–C) groups is 1. The summed E-state index contributed by atoms with van der Waals surface area (Å²) in [5, 5.41) is 6.28. The SMILES string of the molecule is CCNC(=NCCc1ccc(C)cc1)N1CCN(CC(=O)NCCOC)CC1.I. The highest BCUT2D eigenvalue weighted by atomic mass is 127. The van der Waals surface area contributed by atoms with Gasteiger partial charge in [-0.05, 0) is 25.8 Å². The number of guanidine groups is 1. The van der Waals surface area contributed by atoms with E-state index in [0.29, 0.717) is 19.7 Å². The summed E-state index contributed by atoms with van der Waals surface area (Å²) in [5.41, 5.74) is 2.60. The topological polar surface area (TPSA) is 69.2 Å². The summed E-state index contributed by atoms with van der Waals surface area (Å²) < 4.78 is 4.96. The Balaban J connectivity index is 0.00000420. The van der Waals surface area contributed by atoms with Gasteiger partial charge in [-0.15, -0.1) is 24.0 Å². The summed E-state index contributed by atoms with van der Waals surface area (Å²) in [7, 11) is 1.63. The molecule has 1 fully saturated rings. The van der Waals surface area contributed by atoms with Crippen molar-refractivity contribution in [2.75, 3.05) is 66.1 Å². The number of halogens is 1. The van der Waals surface area contributed by atoms with Gasteiger partial charge in [-0.2, -0.15) is 0 Å². The third-order valence-corrected chi connectivity index (χ3v) is 4.78. The molecule has 2 N–H and O–H groups in total. The molecule has 0 spiro atoms. The molecule has 1 amide bonds. The fourth-order valence-corrected chi connectivity index (χ4v) is 3.14. The summed E-state index contributed by atoms with van der Waals surface area (Å²) in [5.74, 6) is 1.03. The van der Waals surface area contributed by atoms with Crippen LogP contribution < -0.4 is 10.6 Å². The Morgan fingerprint density at radius 2 is 1.83 bits per heavy atom. The number of benzene rings is 1. The monoisotopic (exact) mass is 517 g/mol. The molecular weight excluding hydrogens is 481 g/mol. The zero-order valence-electron chi connectivity index (χ0n) is 17.9. The van der Waals surface area contributed by atoms with E-state index in [2.05, 4.69) is 58.5 Å². The Morgan fingerprint density at radius 3 is 2.45 bits per heavy atom. The minimum absolute atomic E-state index is 0. The van der Waals surface area contributed by atoms with Crippen LogP contribution in [0.1, 0.15) is 18.1 Å². The lowest BCUT2D eigenvalue weighted by atomic mass is 10.1. The second-order valence-corrected chi connectivity index (χ2v) is 7.08. The number of hydrogen-bond donors (Lipinski definition) is 2. The van der Waals surface area contributed by atoms with Crippen molar-refractivity contribution in [2.24, 2.45) is 4.99 Å². The molecule has 0 unspecified atom stereocenters. The van der Waals surface area contributed by atoms with E-state index in [4.69, 9.17) is 9.73 Å². The van der Waals surface area contributed by atoms with Crippen LogP contribution >= 0.6 is 24.0 Å². The van der Waals surface area contributed by atoms with Crippen molar-refractivity contribution in [3.63, 3.8) is 0 Å². The first-order valence-corrected chi connectivity index (χ1v) is 10.2. The van der Waals surface area contributed by atoms with Gasteiger partial charge in [0.05, 0.1) is 13.2 Å². The van der Waals surface area contributed by atoms with E-state index < -0.39 is 0 Å². The molecule has 1 aliphatic rings. The van der Waals surface area contributed by atoms with Crippen molar-refractivity contribution < 1.29 is 9.53 Å². The lowest BCUT2D eigenvalue weighted by Crippen LogP contribution is -2.54. The zero-order chi connectivity index (χ0) is 20.2. The number of piperazine rings is 1. The number of methoxy groups -OCH3 is 1. The Bertz CT molecular complexity index is 616. The van der Waals surface area contributed by atoms with E-state index in [1.807, 2.05) is 0 Å². The first kappa shape index (κ1) is 25.6. The number of aryl methyl sites for hydroxylation is 1. The first-order valence-electron chi connectivity index (χ1n) is 10.2. The van der Waals surface area contributed by atoms with Crippen molar-refractivity contribution in [1.82, 2.24) is 20.4 Å². The molecule has 0 radical (unpaired) electrons. The van der Waals surface area contributed by atoms with Gasteiger partial charge in [0.1, 0.15) is 0 Å². The standard InChI is InChI=1S/C21H35N5O2.HI/c1-4-22-21(24-10-9-19-7-5-18(2)6-8-19)26-14-12-25(13-15-26)17-20(27)23-11-16-28-3;/h5-8H,4,9-17H2,1-3H3,(H,22,24)(H,23,27);1H. The molecule has 29 heavy (non-hydrogen) atoms. The van der Waals surface area contributed by atoms with Gasteiger partial charge in [-0.3, -0.25) is 14.7 Å². The molecule has 1 aromatic carbocycles. The summed E-state index contributed by atoms with van der Waals surface area (Å²) in [6.45, 7) is 10.9. The van der Waals surface area contributed by atoms with Crippen LogP contribution in [0.3, 0.4) is 0 Å². The van der Waals surface area contributed by atoms with E-state index in [-0.39, 0.29) is 29.9 Å². The van der Waals surface area contributed by atoms with Gasteiger partial charge in [-0.25, -0.2) is 0 Å². The quantitative estimate of drug-likeness (QED) is 0.225. The molecule has 2 rings (SSSR count). The summed E-state index contributed by atoms with van der Waals surface area (Å²) >= 11 is 0. The minimum Gasteiger partial charge on any atom is -0.383 e. The fourth-order valence-electron chi connectivity index (χ4n) is 3.14. The van der Waals surface area contributed by atoms with Gasteiger partial charge in [-0.1, -0.05) is 29.8 Å². The van der Waals surface area contributed by atoms with E-state index in [1.165, 1.54) is 11.1 Å². The van der Waals surface area contributed by atoms with Crippen molar-refractivity contribution in [2.45, 2.75) is 20.3 Å². The number of nitrogens with zero attached hydrogens (tertiary/aromatic N) is 3. The van der Waals surface area contributed by atoms with Gasteiger partial charge < -0.3 is 20.3 Å². The molecule has 0 aliphatic carbocycles. The van der Waals surface area contributed by atoms with E-state index in [9.17, 15) is 4.79 Å². The summed E-state index contributed by atoms with van der Waals surface area (Å²) in [4.78, 5) is 21.2. The van der Waals surface area contributed by atoms with Crippen LogP contribution in [-0.4, -0.2) is 87.7 Å². The highest BCUT2D eigenvalue weighted by molar-refractivity contribution is 14.0. The normalized spacial score (nSPS) is 15.0. The summed E-state index contributed by atoms with van der Waals surface area (Å²) in [6.07, 6.45) is 0.941. The third kappa shape index (κ3) is 9.77. The Hall–Kier alpha value is -1.39. The van der Waals surface area contributed by atoms with Gasteiger partial charge in [0, 0.05) is 52.9 Å². The number of hydrogen-bond acceptors (Lipinski definition) is 4. The molecule has 0 saturated carbocycles. The highest BCUT2D eigenvalue weighted by Crippen LogP contribution is 2.05. The molecule has 1 aliphatic heterocycles. The lowest BCUT2D eigenvalue weighted by Gasteiger charge is -2.36. The maximum absolute atomic E-state index is 11.9. The van der Waals surface area contributed by atoms with Gasteiger partial charge in [0.2, 0.25) is 5.91 Å². The smallest absolute Gasteiger partial charge is 0.234 e. The van der Waals surface area contributed by atoms with Crippen LogP contribution in [0.4, 0.5) is 0 Å². The molecule has 8 heteroatoms. The first-order chi connectivity index (χ1) is 13.6. The predicted octanol–water partition coefficient (Wildman–Crippen LogP) is 1.50. The van der Waals surface area contributed by atoms with Crippen molar-refractivity contribution in [3.8, 4) is 0 Å². The van der Waals surface area contributed by atoms with Crippen molar-refractivity contribution in [1.29, 1.82) is 0 Å². The van der Waals surface area contributed by atoms with Gasteiger partial charge in [0.15, 0.2) is 5.96 Å². The van der Waals surface area contributed by atoms with Crippen LogP contribution in [0.15, 0.2) is 29.3 Å². The van der Waals surface area contributed by atoms with Crippen LogP contribution in [0.25, 0.3) is 0 Å². The molecule has 1 aromatic rings. The molecule has 7 nitrogen and oxygen atoms in total. The highest BCUT2D eigenvalue weighted by Gasteiger charge is 2.20. The van der Waals surface area contributed by atoms with E-state index >= 15 is 0 Å². The largest absolute Gasteiger partial charge is 0.383 e. The number of ether oxygens (including phenoxy) is 1. The van der Waals surface area contributed by atoms with Crippen molar-refractivity contribution >= 4 is 35.8 Å². The molecular formula is C21H36IN5O2. The number of amides is 1. The maximum atomic E-state index is 11.9. The van der Waals surface area contributed by atoms with E-state index in [0.717, 1.165) is 51.6 Å². The van der Waals surface area contributed by atoms with Crippen LogP contribution in [0.5, 0.6) is 0 Å². The zero-order valence-corrected chi connectivity index (χ0v) is 20.3. The number of rotatable bonds is 9. The molecule has 1 heterocycles. The molecule has 164 valence electrons. The average Bonchev–Trinajstić information content (AvgIpc) is 2.70. The van der Waals surface area contributed by atoms with Crippen molar-refractivity contribution in [3.05, 3.63) is 35.4 Å². The Labute approximate surface area is 192 Å². The fraction of sp³-hybridized carbons (Fsp3) is 0.619. The number of nitrogens with one attached hydrogen (secondary N) is 2. The molecule has 1 saturated heterocycles. The molecule has 0 bridgehead atoms. The third-order valence-electron chi connectivity index (χ3n) is 4.78. The van der Waals surface area contributed by atoms with Crippen LogP contribution in [-0.2, 0) is 16.0 Å². The molecule has 0 aromatic heterocycles. The Kier molecular flexibility index (Phi) is 12.9. The lowest BCUT2D eigenvalue weighted by molar-refractivity contribution is -0.122. The number of carbonyl (C=O) groups is 1. The van der Waals surface area contributed by atoms with Gasteiger partial charge in [0.25, 0.3) is 0 Å². The second kappa shape index (κ2) is 14.6. The molecule has 0 atom stereocenters. The Morgan fingerprint density at radius 1 is 1.14 bits per heavy atom.